The molecule has 0 aromatic heterocycles. The Labute approximate surface area is 111 Å². The summed E-state index contributed by atoms with van der Waals surface area (Å²) in [4.78, 5) is 2.14. The molecule has 3 heteroatoms. The Morgan fingerprint density at radius 3 is 2.39 bits per heavy atom. The van der Waals surface area contributed by atoms with Gasteiger partial charge in [0.1, 0.15) is 5.75 Å². The van der Waals surface area contributed by atoms with E-state index in [0.717, 1.165) is 18.0 Å². The highest BCUT2D eigenvalue weighted by Crippen LogP contribution is 2.31. The second-order valence-electron chi connectivity index (χ2n) is 5.93. The van der Waals surface area contributed by atoms with E-state index in [1.54, 1.807) is 7.11 Å². The van der Waals surface area contributed by atoms with Gasteiger partial charge in [-0.15, -0.1) is 0 Å². The first-order valence-electron chi connectivity index (χ1n) is 6.42. The van der Waals surface area contributed by atoms with Gasteiger partial charge in [0.15, 0.2) is 0 Å². The molecule has 0 aliphatic carbocycles. The monoisotopic (exact) mass is 250 g/mol. The van der Waals surface area contributed by atoms with Crippen LogP contribution in [0.25, 0.3) is 0 Å². The molecule has 1 rings (SSSR count). The molecule has 0 radical (unpaired) electrons. The number of rotatable bonds is 5. The number of hydrogen-bond acceptors (Lipinski definition) is 3. The van der Waals surface area contributed by atoms with Crippen molar-refractivity contribution in [2.24, 2.45) is 5.73 Å². The zero-order valence-electron chi connectivity index (χ0n) is 12.4. The van der Waals surface area contributed by atoms with Crippen LogP contribution in [-0.4, -0.2) is 26.2 Å². The van der Waals surface area contributed by atoms with Gasteiger partial charge in [0.25, 0.3) is 0 Å². The van der Waals surface area contributed by atoms with Crippen molar-refractivity contribution in [2.75, 3.05) is 25.6 Å². The van der Waals surface area contributed by atoms with Crippen molar-refractivity contribution in [1.29, 1.82) is 0 Å². The first-order chi connectivity index (χ1) is 8.24. The lowest BCUT2D eigenvalue weighted by atomic mass is 10.0. The van der Waals surface area contributed by atoms with Crippen molar-refractivity contribution < 1.29 is 4.74 Å². The Morgan fingerprint density at radius 2 is 1.94 bits per heavy atom. The number of benzene rings is 1. The Hall–Kier alpha value is -1.22. The van der Waals surface area contributed by atoms with Crippen LogP contribution in [0.1, 0.15) is 39.2 Å². The van der Waals surface area contributed by atoms with Crippen molar-refractivity contribution >= 4 is 5.69 Å². The van der Waals surface area contributed by atoms with Crippen LogP contribution in [0.3, 0.4) is 0 Å². The van der Waals surface area contributed by atoms with Crippen molar-refractivity contribution in [3.8, 4) is 5.75 Å². The lowest BCUT2D eigenvalue weighted by molar-refractivity contribution is 0.412. The molecule has 1 aromatic carbocycles. The summed E-state index contributed by atoms with van der Waals surface area (Å²) in [5.41, 5.74) is 8.21. The van der Waals surface area contributed by atoms with Crippen LogP contribution < -0.4 is 15.4 Å². The predicted octanol–water partition coefficient (Wildman–Crippen LogP) is 2.99. The van der Waals surface area contributed by atoms with Gasteiger partial charge in [0.05, 0.1) is 12.8 Å². The van der Waals surface area contributed by atoms with Gasteiger partial charge in [-0.3, -0.25) is 0 Å². The number of hydrogen-bond donors (Lipinski definition) is 1. The maximum absolute atomic E-state index is 6.06. The molecule has 0 heterocycles. The van der Waals surface area contributed by atoms with E-state index >= 15 is 0 Å². The summed E-state index contributed by atoms with van der Waals surface area (Å²) in [7, 11) is 3.76. The molecule has 1 aromatic rings. The third kappa shape index (κ3) is 3.91. The summed E-state index contributed by atoms with van der Waals surface area (Å²) in [6, 6.07) is 6.38. The largest absolute Gasteiger partial charge is 0.495 e. The zero-order chi connectivity index (χ0) is 13.9. The molecule has 0 unspecified atom stereocenters. The topological polar surface area (TPSA) is 38.5 Å². The second-order valence-corrected chi connectivity index (χ2v) is 5.93. The fraction of sp³-hybridized carbons (Fsp3) is 0.600. The minimum absolute atomic E-state index is 0.226. The highest BCUT2D eigenvalue weighted by molar-refractivity contribution is 5.60. The van der Waals surface area contributed by atoms with Crippen LogP contribution in [0.4, 0.5) is 5.69 Å². The summed E-state index contributed by atoms with van der Waals surface area (Å²) in [6.45, 7) is 9.20. The minimum Gasteiger partial charge on any atom is -0.495 e. The van der Waals surface area contributed by atoms with Crippen molar-refractivity contribution in [3.63, 3.8) is 0 Å². The lowest BCUT2D eigenvalue weighted by Crippen LogP contribution is -2.44. The number of anilines is 1. The lowest BCUT2D eigenvalue weighted by Gasteiger charge is -2.29. The highest BCUT2D eigenvalue weighted by atomic mass is 16.5. The van der Waals surface area contributed by atoms with Crippen LogP contribution in [0, 0.1) is 0 Å². The van der Waals surface area contributed by atoms with E-state index in [0.29, 0.717) is 5.92 Å². The van der Waals surface area contributed by atoms with Crippen LogP contribution in [-0.2, 0) is 0 Å². The van der Waals surface area contributed by atoms with Gasteiger partial charge in [-0.1, -0.05) is 19.9 Å². The van der Waals surface area contributed by atoms with E-state index in [-0.39, 0.29) is 5.54 Å². The van der Waals surface area contributed by atoms with Gasteiger partial charge in [-0.2, -0.15) is 0 Å². The van der Waals surface area contributed by atoms with E-state index < -0.39 is 0 Å². The number of nitrogens with zero attached hydrogens (tertiary/aromatic N) is 1. The Morgan fingerprint density at radius 1 is 1.33 bits per heavy atom. The number of likely N-dealkylation sites (N-methyl/N-ethyl adjacent to an activating group) is 1. The molecule has 0 saturated carbocycles. The predicted molar refractivity (Wildman–Crippen MR) is 78.6 cm³/mol. The van der Waals surface area contributed by atoms with Gasteiger partial charge in [0, 0.05) is 19.1 Å². The third-order valence-corrected chi connectivity index (χ3v) is 2.93. The smallest absolute Gasteiger partial charge is 0.142 e. The molecule has 0 amide bonds. The summed E-state index contributed by atoms with van der Waals surface area (Å²) < 4.78 is 5.49. The zero-order valence-corrected chi connectivity index (χ0v) is 12.4. The molecule has 0 atom stereocenters. The molecule has 2 N–H and O–H groups in total. The molecular formula is C15H26N2O. The van der Waals surface area contributed by atoms with E-state index in [1.807, 2.05) is 20.9 Å². The van der Waals surface area contributed by atoms with Gasteiger partial charge in [0.2, 0.25) is 0 Å². The summed E-state index contributed by atoms with van der Waals surface area (Å²) in [5, 5.41) is 0. The van der Waals surface area contributed by atoms with Crippen LogP contribution in [0.5, 0.6) is 5.75 Å². The molecule has 18 heavy (non-hydrogen) atoms. The highest BCUT2D eigenvalue weighted by Gasteiger charge is 2.17. The SMILES string of the molecule is COc1cc(C(C)C)ccc1N(C)CC(C)(C)N. The maximum atomic E-state index is 6.06. The van der Waals surface area contributed by atoms with E-state index in [1.165, 1.54) is 5.56 Å². The summed E-state index contributed by atoms with van der Waals surface area (Å²) >= 11 is 0. The van der Waals surface area contributed by atoms with Gasteiger partial charge in [-0.25, -0.2) is 0 Å². The van der Waals surface area contributed by atoms with Crippen molar-refractivity contribution in [1.82, 2.24) is 0 Å². The normalized spacial score (nSPS) is 11.8. The molecule has 0 aliphatic heterocycles. The summed E-state index contributed by atoms with van der Waals surface area (Å²) in [6.07, 6.45) is 0. The molecule has 0 bridgehead atoms. The first kappa shape index (κ1) is 14.8. The Bertz CT molecular complexity index is 394. The standard InChI is InChI=1S/C15H26N2O/c1-11(2)12-7-8-13(14(9-12)18-6)17(5)10-15(3,4)16/h7-9,11H,10,16H2,1-6H3. The minimum atomic E-state index is -0.226. The number of ether oxygens (including phenoxy) is 1. The van der Waals surface area contributed by atoms with E-state index in [2.05, 4.69) is 36.9 Å². The Balaban J connectivity index is 3.02. The molecule has 3 nitrogen and oxygen atoms in total. The molecule has 0 saturated heterocycles. The van der Waals surface area contributed by atoms with Crippen LogP contribution in [0.2, 0.25) is 0 Å². The second kappa shape index (κ2) is 5.61. The summed E-state index contributed by atoms with van der Waals surface area (Å²) in [5.74, 6) is 1.41. The first-order valence-corrected chi connectivity index (χ1v) is 6.42. The quantitative estimate of drug-likeness (QED) is 0.873. The van der Waals surface area contributed by atoms with E-state index in [4.69, 9.17) is 10.5 Å². The molecule has 102 valence electrons. The Kier molecular flexibility index (Phi) is 4.63. The van der Waals surface area contributed by atoms with Gasteiger partial charge >= 0.3 is 0 Å². The fourth-order valence-corrected chi connectivity index (χ4v) is 2.07. The van der Waals surface area contributed by atoms with Crippen molar-refractivity contribution in [3.05, 3.63) is 23.8 Å². The van der Waals surface area contributed by atoms with E-state index in [9.17, 15) is 0 Å². The molecule has 0 fully saturated rings. The van der Waals surface area contributed by atoms with Gasteiger partial charge < -0.3 is 15.4 Å². The average molecular weight is 250 g/mol. The molecular weight excluding hydrogens is 224 g/mol. The van der Waals surface area contributed by atoms with Gasteiger partial charge in [-0.05, 0) is 37.5 Å². The van der Waals surface area contributed by atoms with Crippen LogP contribution in [0.15, 0.2) is 18.2 Å². The third-order valence-electron chi connectivity index (χ3n) is 2.93. The van der Waals surface area contributed by atoms with Crippen molar-refractivity contribution in [2.45, 2.75) is 39.2 Å². The average Bonchev–Trinajstić information content (AvgIpc) is 2.25. The molecule has 0 aliphatic rings. The van der Waals surface area contributed by atoms with Crippen LogP contribution >= 0.6 is 0 Å². The number of methoxy groups -OCH3 is 1. The number of nitrogens with two attached hydrogens (primary N) is 1. The fourth-order valence-electron chi connectivity index (χ4n) is 2.07. The molecule has 0 spiro atoms. The maximum Gasteiger partial charge on any atom is 0.142 e.